The number of rotatable bonds is 4. The third-order valence-electron chi connectivity index (χ3n) is 4.74. The van der Waals surface area contributed by atoms with Gasteiger partial charge in [0.1, 0.15) is 0 Å². The van der Waals surface area contributed by atoms with E-state index in [4.69, 9.17) is 8.83 Å². The molecule has 9 heteroatoms. The molecule has 2 heterocycles. The number of halogens is 6. The molecule has 0 atom stereocenters. The number of carbonyl (C=O) groups is 1. The highest BCUT2D eigenvalue weighted by molar-refractivity contribution is 6.12. The van der Waals surface area contributed by atoms with E-state index in [9.17, 15) is 31.1 Å². The smallest absolute Gasteiger partial charge is 0.416 e. The van der Waals surface area contributed by atoms with E-state index in [1.54, 1.807) is 0 Å². The van der Waals surface area contributed by atoms with Gasteiger partial charge in [0.05, 0.1) is 23.7 Å². The Morgan fingerprint density at radius 1 is 0.625 bits per heavy atom. The summed E-state index contributed by atoms with van der Waals surface area (Å²) < 4.78 is 88.8. The molecule has 164 valence electrons. The summed E-state index contributed by atoms with van der Waals surface area (Å²) in [5, 5.41) is 0. The van der Waals surface area contributed by atoms with Gasteiger partial charge in [-0.05, 0) is 47.5 Å². The summed E-state index contributed by atoms with van der Waals surface area (Å²) in [5.74, 6) is -1.42. The van der Waals surface area contributed by atoms with Gasteiger partial charge in [0, 0.05) is 11.1 Å². The van der Waals surface area contributed by atoms with Gasteiger partial charge < -0.3 is 8.83 Å². The predicted octanol–water partition coefficient (Wildman–Crippen LogP) is 7.48. The molecule has 0 radical (unpaired) electrons. The first kappa shape index (κ1) is 21.5. The third kappa shape index (κ3) is 4.05. The minimum Gasteiger partial charge on any atom is -0.460 e. The summed E-state index contributed by atoms with van der Waals surface area (Å²) in [6.45, 7) is 0. The SMILES string of the molecule is O=C(c1occc1-c1cccc(C(F)(F)F)c1)c1occc1-c1cccc(C(F)(F)F)c1. The predicted molar refractivity (Wildman–Crippen MR) is 102 cm³/mol. The monoisotopic (exact) mass is 450 g/mol. The fourth-order valence-electron chi connectivity index (χ4n) is 3.25. The number of carbonyl (C=O) groups excluding carboxylic acids is 1. The Balaban J connectivity index is 1.75. The van der Waals surface area contributed by atoms with Crippen molar-refractivity contribution in [2.75, 3.05) is 0 Å². The zero-order chi connectivity index (χ0) is 23.1. The molecule has 0 aliphatic rings. The van der Waals surface area contributed by atoms with Gasteiger partial charge in [-0.15, -0.1) is 0 Å². The van der Waals surface area contributed by atoms with Crippen LogP contribution in [-0.4, -0.2) is 5.78 Å². The second-order valence-electron chi connectivity index (χ2n) is 6.81. The molecule has 0 saturated carbocycles. The Bertz CT molecular complexity index is 1180. The molecule has 0 unspecified atom stereocenters. The lowest BCUT2D eigenvalue weighted by Crippen LogP contribution is -2.06. The van der Waals surface area contributed by atoms with Crippen LogP contribution in [0.4, 0.5) is 26.3 Å². The van der Waals surface area contributed by atoms with Crippen LogP contribution >= 0.6 is 0 Å². The molecule has 2 aromatic heterocycles. The normalized spacial score (nSPS) is 12.2. The van der Waals surface area contributed by atoms with Gasteiger partial charge in [-0.25, -0.2) is 0 Å². The lowest BCUT2D eigenvalue weighted by Gasteiger charge is -2.09. The van der Waals surface area contributed by atoms with Crippen LogP contribution in [0.25, 0.3) is 22.3 Å². The molecule has 0 aliphatic heterocycles. The number of ketones is 1. The van der Waals surface area contributed by atoms with E-state index < -0.39 is 29.3 Å². The van der Waals surface area contributed by atoms with Gasteiger partial charge >= 0.3 is 12.4 Å². The largest absolute Gasteiger partial charge is 0.460 e. The maximum Gasteiger partial charge on any atom is 0.416 e. The van der Waals surface area contributed by atoms with E-state index >= 15 is 0 Å². The fraction of sp³-hybridized carbons (Fsp3) is 0.0870. The Morgan fingerprint density at radius 3 is 1.41 bits per heavy atom. The highest BCUT2D eigenvalue weighted by atomic mass is 19.4. The van der Waals surface area contributed by atoms with Gasteiger partial charge in [-0.2, -0.15) is 26.3 Å². The number of alkyl halides is 6. The first-order valence-corrected chi connectivity index (χ1v) is 9.10. The maximum absolute atomic E-state index is 13.1. The molecule has 0 fully saturated rings. The number of hydrogen-bond acceptors (Lipinski definition) is 3. The van der Waals surface area contributed by atoms with Crippen molar-refractivity contribution in [2.45, 2.75) is 12.4 Å². The van der Waals surface area contributed by atoms with E-state index in [-0.39, 0.29) is 33.8 Å². The van der Waals surface area contributed by atoms with Gasteiger partial charge in [-0.3, -0.25) is 4.79 Å². The van der Waals surface area contributed by atoms with Crippen molar-refractivity contribution < 1.29 is 40.0 Å². The van der Waals surface area contributed by atoms with Crippen LogP contribution < -0.4 is 0 Å². The van der Waals surface area contributed by atoms with Crippen molar-refractivity contribution in [1.29, 1.82) is 0 Å². The van der Waals surface area contributed by atoms with E-state index in [0.717, 1.165) is 36.8 Å². The Morgan fingerprint density at radius 2 is 1.03 bits per heavy atom. The van der Waals surface area contributed by atoms with Crippen molar-refractivity contribution in [2.24, 2.45) is 0 Å². The number of furan rings is 2. The molecule has 0 saturated heterocycles. The van der Waals surface area contributed by atoms with Crippen molar-refractivity contribution in [1.82, 2.24) is 0 Å². The quantitative estimate of drug-likeness (QED) is 0.239. The third-order valence-corrected chi connectivity index (χ3v) is 4.74. The minimum absolute atomic E-state index is 0.0871. The first-order valence-electron chi connectivity index (χ1n) is 9.10. The highest BCUT2D eigenvalue weighted by Gasteiger charge is 2.33. The lowest BCUT2D eigenvalue weighted by molar-refractivity contribution is -0.138. The molecule has 32 heavy (non-hydrogen) atoms. The zero-order valence-electron chi connectivity index (χ0n) is 15.9. The fourth-order valence-corrected chi connectivity index (χ4v) is 3.25. The molecule has 0 amide bonds. The summed E-state index contributed by atoms with van der Waals surface area (Å²) in [7, 11) is 0. The average Bonchev–Trinajstić information content (AvgIpc) is 3.42. The second-order valence-corrected chi connectivity index (χ2v) is 6.81. The molecule has 4 rings (SSSR count). The van der Waals surface area contributed by atoms with Crippen molar-refractivity contribution in [3.05, 3.63) is 95.8 Å². The molecule has 0 aliphatic carbocycles. The van der Waals surface area contributed by atoms with Crippen LogP contribution in [0.3, 0.4) is 0 Å². The van der Waals surface area contributed by atoms with Crippen LogP contribution in [0.2, 0.25) is 0 Å². The molecule has 0 bridgehead atoms. The first-order chi connectivity index (χ1) is 15.1. The maximum atomic E-state index is 13.1. The van der Waals surface area contributed by atoms with Gasteiger partial charge in [-0.1, -0.05) is 24.3 Å². The topological polar surface area (TPSA) is 43.4 Å². The van der Waals surface area contributed by atoms with Crippen molar-refractivity contribution in [3.63, 3.8) is 0 Å². The average molecular weight is 450 g/mol. The summed E-state index contributed by atoms with van der Waals surface area (Å²) in [6.07, 6.45) is -6.89. The second kappa shape index (κ2) is 7.74. The van der Waals surface area contributed by atoms with E-state index in [1.165, 1.54) is 36.4 Å². The molecule has 0 N–H and O–H groups in total. The molecule has 4 aromatic rings. The standard InChI is InChI=1S/C23H12F6O3/c24-22(25,26)15-5-1-3-13(11-15)17-7-9-31-20(17)19(30)21-18(8-10-32-21)14-4-2-6-16(12-14)23(27,28)29/h1-12H. The van der Waals surface area contributed by atoms with Crippen LogP contribution in [0.15, 0.2) is 82.0 Å². The van der Waals surface area contributed by atoms with Gasteiger partial charge in [0.15, 0.2) is 11.5 Å². The van der Waals surface area contributed by atoms with Crippen LogP contribution in [0.1, 0.15) is 27.4 Å². The summed E-state index contributed by atoms with van der Waals surface area (Å²) in [5.41, 5.74) is -1.46. The minimum atomic E-state index is -4.58. The van der Waals surface area contributed by atoms with Gasteiger partial charge in [0.2, 0.25) is 0 Å². The van der Waals surface area contributed by atoms with Crippen molar-refractivity contribution >= 4 is 5.78 Å². The number of hydrogen-bond donors (Lipinski definition) is 0. The zero-order valence-corrected chi connectivity index (χ0v) is 15.9. The molecular formula is C23H12F6O3. The molecular weight excluding hydrogens is 438 g/mol. The molecule has 2 aromatic carbocycles. The molecule has 3 nitrogen and oxygen atoms in total. The van der Waals surface area contributed by atoms with Crippen molar-refractivity contribution in [3.8, 4) is 22.3 Å². The van der Waals surface area contributed by atoms with E-state index in [1.807, 2.05) is 0 Å². The van der Waals surface area contributed by atoms with Crippen LogP contribution in [0.5, 0.6) is 0 Å². The number of benzene rings is 2. The van der Waals surface area contributed by atoms with Crippen LogP contribution in [-0.2, 0) is 12.4 Å². The summed E-state index contributed by atoms with van der Waals surface area (Å²) in [6, 6.07) is 11.3. The van der Waals surface area contributed by atoms with Crippen LogP contribution in [0, 0.1) is 0 Å². The van der Waals surface area contributed by atoms with E-state index in [0.29, 0.717) is 0 Å². The Kier molecular flexibility index (Phi) is 5.20. The van der Waals surface area contributed by atoms with Gasteiger partial charge in [0.25, 0.3) is 5.78 Å². The summed E-state index contributed by atoms with van der Waals surface area (Å²) >= 11 is 0. The highest BCUT2D eigenvalue weighted by Crippen LogP contribution is 2.37. The summed E-state index contributed by atoms with van der Waals surface area (Å²) in [4.78, 5) is 13.1. The Labute approximate surface area is 176 Å². The lowest BCUT2D eigenvalue weighted by atomic mass is 9.98. The molecule has 0 spiro atoms. The Hall–Kier alpha value is -3.75. The van der Waals surface area contributed by atoms with E-state index in [2.05, 4.69) is 0 Å².